The van der Waals surface area contributed by atoms with Crippen molar-refractivity contribution in [2.24, 2.45) is 0 Å². The van der Waals surface area contributed by atoms with Crippen LogP contribution in [0, 0.1) is 0 Å². The topological polar surface area (TPSA) is 71.4 Å². The molecule has 7 nitrogen and oxygen atoms in total. The number of nitrogens with zero attached hydrogens (tertiary/aromatic N) is 3. The van der Waals surface area contributed by atoms with E-state index in [1.165, 1.54) is 11.3 Å². The van der Waals surface area contributed by atoms with Gasteiger partial charge in [0.25, 0.3) is 5.91 Å². The van der Waals surface area contributed by atoms with Crippen LogP contribution >= 0.6 is 27.3 Å². The van der Waals surface area contributed by atoms with Gasteiger partial charge < -0.3 is 15.4 Å². The Morgan fingerprint density at radius 3 is 2.84 bits per heavy atom. The van der Waals surface area contributed by atoms with Crippen molar-refractivity contribution >= 4 is 39.0 Å². The molecular formula is C19H23BrF3N5O2S. The van der Waals surface area contributed by atoms with Gasteiger partial charge in [-0.1, -0.05) is 6.07 Å². The third-order valence-electron chi connectivity index (χ3n) is 5.44. The van der Waals surface area contributed by atoms with Gasteiger partial charge >= 0.3 is 6.18 Å². The number of halogens is 4. The SMILES string of the molecule is O=C(NCCCN1CCOCC1)c1nn2c(c1Br)N[C@@H](c1cccs1)C[C@H]2C(F)(F)F. The Hall–Kier alpha value is -1.63. The van der Waals surface area contributed by atoms with Crippen molar-refractivity contribution in [3.05, 3.63) is 32.6 Å². The molecule has 0 saturated carbocycles. The lowest BCUT2D eigenvalue weighted by Crippen LogP contribution is -2.38. The number of hydrogen-bond acceptors (Lipinski definition) is 6. The molecule has 0 spiro atoms. The Labute approximate surface area is 190 Å². The van der Waals surface area contributed by atoms with Gasteiger partial charge in [0.2, 0.25) is 0 Å². The summed E-state index contributed by atoms with van der Waals surface area (Å²) in [5, 5.41) is 11.8. The minimum atomic E-state index is -4.48. The van der Waals surface area contributed by atoms with Crippen LogP contribution in [-0.2, 0) is 4.74 Å². The highest BCUT2D eigenvalue weighted by Crippen LogP contribution is 2.46. The Balaban J connectivity index is 1.45. The molecule has 1 saturated heterocycles. The van der Waals surface area contributed by atoms with E-state index >= 15 is 0 Å². The molecule has 2 aliphatic rings. The van der Waals surface area contributed by atoms with Gasteiger partial charge in [0.15, 0.2) is 11.7 Å². The van der Waals surface area contributed by atoms with Crippen molar-refractivity contribution in [3.8, 4) is 0 Å². The van der Waals surface area contributed by atoms with E-state index < -0.39 is 24.2 Å². The molecule has 31 heavy (non-hydrogen) atoms. The third kappa shape index (κ3) is 5.07. The van der Waals surface area contributed by atoms with E-state index in [0.717, 1.165) is 35.6 Å². The molecule has 4 heterocycles. The van der Waals surface area contributed by atoms with Gasteiger partial charge in [0.05, 0.1) is 23.7 Å². The maximum atomic E-state index is 13.8. The summed E-state index contributed by atoms with van der Waals surface area (Å²) in [6.07, 6.45) is -3.93. The third-order valence-corrected chi connectivity index (χ3v) is 7.17. The standard InChI is InChI=1S/C19H23BrF3N5O2S/c20-15-16(18(29)24-4-2-5-27-6-8-30-9-7-27)26-28-14(19(21,22)23)11-12(25-17(15)28)13-3-1-10-31-13/h1,3,10,12,14,25H,2,4-9,11H2,(H,24,29)/t12-,14+/m1/s1. The Kier molecular flexibility index (Phi) is 6.89. The molecule has 0 aromatic carbocycles. The van der Waals surface area contributed by atoms with E-state index in [1.807, 2.05) is 5.38 Å². The van der Waals surface area contributed by atoms with Crippen molar-refractivity contribution in [1.82, 2.24) is 20.0 Å². The summed E-state index contributed by atoms with van der Waals surface area (Å²) in [7, 11) is 0. The fourth-order valence-corrected chi connectivity index (χ4v) is 5.17. The van der Waals surface area contributed by atoms with E-state index in [-0.39, 0.29) is 22.4 Å². The Bertz CT molecular complexity index is 899. The van der Waals surface area contributed by atoms with Crippen LogP contribution < -0.4 is 10.6 Å². The highest BCUT2D eigenvalue weighted by Gasteiger charge is 2.47. The van der Waals surface area contributed by atoms with E-state index in [1.54, 1.807) is 12.1 Å². The smallest absolute Gasteiger partial charge is 0.379 e. The number of nitrogens with one attached hydrogen (secondary N) is 2. The molecule has 2 aliphatic heterocycles. The number of ether oxygens (including phenoxy) is 1. The van der Waals surface area contributed by atoms with Crippen LogP contribution in [0.4, 0.5) is 19.0 Å². The summed E-state index contributed by atoms with van der Waals surface area (Å²) in [5.74, 6) is -0.323. The zero-order valence-corrected chi connectivity index (χ0v) is 19.0. The fraction of sp³-hybridized carbons (Fsp3) is 0.579. The van der Waals surface area contributed by atoms with Gasteiger partial charge in [0.1, 0.15) is 5.82 Å². The molecule has 0 radical (unpaired) electrons. The van der Waals surface area contributed by atoms with Crippen molar-refractivity contribution < 1.29 is 22.7 Å². The number of hydrogen-bond donors (Lipinski definition) is 2. The lowest BCUT2D eigenvalue weighted by Gasteiger charge is -2.33. The van der Waals surface area contributed by atoms with E-state index in [9.17, 15) is 18.0 Å². The molecule has 0 bridgehead atoms. The zero-order chi connectivity index (χ0) is 22.0. The molecule has 12 heteroatoms. The average Bonchev–Trinajstić information content (AvgIpc) is 3.39. The summed E-state index contributed by atoms with van der Waals surface area (Å²) >= 11 is 4.70. The molecule has 2 N–H and O–H groups in total. The second kappa shape index (κ2) is 9.47. The number of amides is 1. The second-order valence-corrected chi connectivity index (χ2v) is 9.30. The number of anilines is 1. The summed E-state index contributed by atoms with van der Waals surface area (Å²) in [6.45, 7) is 4.38. The summed E-state index contributed by atoms with van der Waals surface area (Å²) in [5.41, 5.74) is -0.0463. The lowest BCUT2D eigenvalue weighted by molar-refractivity contribution is -0.173. The van der Waals surface area contributed by atoms with Crippen LogP contribution in [0.5, 0.6) is 0 Å². The van der Waals surface area contributed by atoms with Gasteiger partial charge in [-0.15, -0.1) is 11.3 Å². The van der Waals surface area contributed by atoms with Crippen LogP contribution in [0.15, 0.2) is 22.0 Å². The number of aromatic nitrogens is 2. The number of fused-ring (bicyclic) bond motifs is 1. The molecule has 2 atom stereocenters. The molecule has 170 valence electrons. The first-order valence-electron chi connectivity index (χ1n) is 10.1. The normalized spacial score (nSPS) is 22.1. The van der Waals surface area contributed by atoms with Crippen molar-refractivity contribution in [1.29, 1.82) is 0 Å². The molecule has 4 rings (SSSR count). The monoisotopic (exact) mass is 521 g/mol. The molecule has 0 aliphatic carbocycles. The molecule has 2 aromatic rings. The van der Waals surface area contributed by atoms with Gasteiger partial charge in [-0.25, -0.2) is 4.68 Å². The average molecular weight is 522 g/mol. The summed E-state index contributed by atoms with van der Waals surface area (Å²) in [6, 6.07) is 1.30. The van der Waals surface area contributed by atoms with Gasteiger partial charge in [-0.2, -0.15) is 18.3 Å². The van der Waals surface area contributed by atoms with Crippen LogP contribution in [0.1, 0.15) is 40.3 Å². The molecular weight excluding hydrogens is 499 g/mol. The maximum absolute atomic E-state index is 13.8. The van der Waals surface area contributed by atoms with E-state index in [0.29, 0.717) is 19.8 Å². The van der Waals surface area contributed by atoms with Gasteiger partial charge in [-0.3, -0.25) is 9.69 Å². The number of carbonyl (C=O) groups is 1. The minimum Gasteiger partial charge on any atom is -0.379 e. The van der Waals surface area contributed by atoms with Gasteiger partial charge in [-0.05, 0) is 40.3 Å². The molecule has 2 aromatic heterocycles. The molecule has 1 amide bonds. The van der Waals surface area contributed by atoms with Crippen LogP contribution in [-0.4, -0.2) is 66.2 Å². The molecule has 0 unspecified atom stereocenters. The number of alkyl halides is 3. The Morgan fingerprint density at radius 2 is 2.16 bits per heavy atom. The number of rotatable bonds is 6. The zero-order valence-electron chi connectivity index (χ0n) is 16.6. The largest absolute Gasteiger partial charge is 0.410 e. The van der Waals surface area contributed by atoms with Crippen molar-refractivity contribution in [2.75, 3.05) is 44.7 Å². The Morgan fingerprint density at radius 1 is 1.39 bits per heavy atom. The highest BCUT2D eigenvalue weighted by molar-refractivity contribution is 9.10. The molecule has 1 fully saturated rings. The number of morpholine rings is 1. The van der Waals surface area contributed by atoms with Gasteiger partial charge in [0, 0.05) is 30.9 Å². The highest BCUT2D eigenvalue weighted by atomic mass is 79.9. The fourth-order valence-electron chi connectivity index (χ4n) is 3.82. The first kappa shape index (κ1) is 22.6. The van der Waals surface area contributed by atoms with Crippen LogP contribution in [0.25, 0.3) is 0 Å². The minimum absolute atomic E-state index is 0.0463. The van der Waals surface area contributed by atoms with E-state index in [2.05, 4.69) is 36.6 Å². The maximum Gasteiger partial charge on any atom is 0.410 e. The first-order valence-corrected chi connectivity index (χ1v) is 11.7. The predicted molar refractivity (Wildman–Crippen MR) is 115 cm³/mol. The van der Waals surface area contributed by atoms with Crippen LogP contribution in [0.2, 0.25) is 0 Å². The second-order valence-electron chi connectivity index (χ2n) is 7.52. The number of thiophene rings is 1. The summed E-state index contributed by atoms with van der Waals surface area (Å²) in [4.78, 5) is 15.7. The van der Waals surface area contributed by atoms with Crippen LogP contribution in [0.3, 0.4) is 0 Å². The first-order chi connectivity index (χ1) is 14.8. The quantitative estimate of drug-likeness (QED) is 0.565. The van der Waals surface area contributed by atoms with Crippen molar-refractivity contribution in [3.63, 3.8) is 0 Å². The van der Waals surface area contributed by atoms with E-state index in [4.69, 9.17) is 4.74 Å². The number of carbonyl (C=O) groups excluding carboxylic acids is 1. The van der Waals surface area contributed by atoms with Crippen molar-refractivity contribution in [2.45, 2.75) is 31.1 Å². The lowest BCUT2D eigenvalue weighted by atomic mass is 10.0. The predicted octanol–water partition coefficient (Wildman–Crippen LogP) is 3.82. The summed E-state index contributed by atoms with van der Waals surface area (Å²) < 4.78 is 47.8.